The van der Waals surface area contributed by atoms with Gasteiger partial charge in [0.05, 0.1) is 22.6 Å². The fourth-order valence-corrected chi connectivity index (χ4v) is 8.93. The number of benzene rings is 7. The van der Waals surface area contributed by atoms with E-state index in [4.69, 9.17) is 15.1 Å². The molecule has 7 aromatic carbocycles. The molecule has 3 heterocycles. The Labute approximate surface area is 337 Å². The molecule has 0 amide bonds. The molecule has 0 spiro atoms. The normalized spacial score (nSPS) is 12.8. The zero-order chi connectivity index (χ0) is 38.8. The van der Waals surface area contributed by atoms with Crippen LogP contribution in [0, 0.1) is 0 Å². The summed E-state index contributed by atoms with van der Waals surface area (Å²) in [6.45, 7) is 4.63. The van der Waals surface area contributed by atoms with Gasteiger partial charge in [0.15, 0.2) is 5.82 Å². The lowest BCUT2D eigenvalue weighted by Crippen LogP contribution is -2.15. The zero-order valence-corrected chi connectivity index (χ0v) is 32.3. The predicted octanol–water partition coefficient (Wildman–Crippen LogP) is 13.6. The lowest BCUT2D eigenvalue weighted by Gasteiger charge is -2.21. The molecule has 0 atom stereocenters. The highest BCUT2D eigenvalue weighted by Crippen LogP contribution is 2.49. The number of fused-ring (bicyclic) bond motifs is 6. The number of nitrogens with zero attached hydrogens (tertiary/aromatic N) is 4. The minimum atomic E-state index is -0.133. The number of hydrogen-bond acceptors (Lipinski definition) is 3. The summed E-state index contributed by atoms with van der Waals surface area (Å²) < 4.78 is 2.14. The molecular weight excluding hydrogens is 705 g/mol. The van der Waals surface area contributed by atoms with Crippen molar-refractivity contribution in [2.75, 3.05) is 0 Å². The summed E-state index contributed by atoms with van der Waals surface area (Å²) >= 11 is 0. The van der Waals surface area contributed by atoms with E-state index in [9.17, 15) is 0 Å². The van der Waals surface area contributed by atoms with E-state index < -0.39 is 0 Å². The van der Waals surface area contributed by atoms with Gasteiger partial charge in [-0.3, -0.25) is 0 Å². The van der Waals surface area contributed by atoms with Gasteiger partial charge in [-0.25, -0.2) is 14.5 Å². The largest absolute Gasteiger partial charge is 0.231 e. The third-order valence-corrected chi connectivity index (χ3v) is 11.8. The molecule has 0 N–H and O–H groups in total. The Hall–Kier alpha value is -7.43. The van der Waals surface area contributed by atoms with Crippen molar-refractivity contribution >= 4 is 16.3 Å². The van der Waals surface area contributed by atoms with E-state index in [0.717, 1.165) is 72.6 Å². The van der Waals surface area contributed by atoms with Gasteiger partial charge in [0.1, 0.15) is 5.69 Å². The van der Waals surface area contributed by atoms with Crippen molar-refractivity contribution in [2.24, 2.45) is 0 Å². The van der Waals surface area contributed by atoms with E-state index >= 15 is 0 Å². The molecule has 0 saturated carbocycles. The highest BCUT2D eigenvalue weighted by Gasteiger charge is 2.35. The average Bonchev–Trinajstić information content (AvgIpc) is 3.80. The molecule has 10 aromatic rings. The second kappa shape index (κ2) is 13.4. The fraction of sp³-hybridized carbons (Fsp3) is 0.0556. The van der Waals surface area contributed by atoms with Gasteiger partial charge in [0.25, 0.3) is 0 Å². The van der Waals surface area contributed by atoms with Gasteiger partial charge in [-0.1, -0.05) is 184 Å². The summed E-state index contributed by atoms with van der Waals surface area (Å²) in [6.07, 6.45) is 0. The topological polar surface area (TPSA) is 43.1 Å². The highest BCUT2D eigenvalue weighted by molar-refractivity contribution is 6.08. The smallest absolute Gasteiger partial charge is 0.160 e. The van der Waals surface area contributed by atoms with Crippen molar-refractivity contribution in [2.45, 2.75) is 19.3 Å². The Balaban J connectivity index is 1.13. The molecule has 0 aliphatic heterocycles. The minimum Gasteiger partial charge on any atom is -0.231 e. The first kappa shape index (κ1) is 33.9. The van der Waals surface area contributed by atoms with Crippen LogP contribution in [0.15, 0.2) is 194 Å². The first-order valence-corrected chi connectivity index (χ1v) is 19.9. The van der Waals surface area contributed by atoms with Gasteiger partial charge < -0.3 is 0 Å². The second-order valence-corrected chi connectivity index (χ2v) is 15.7. The summed E-state index contributed by atoms with van der Waals surface area (Å²) in [5, 5.41) is 7.76. The molecule has 1 aliphatic rings. The minimum absolute atomic E-state index is 0.133. The van der Waals surface area contributed by atoms with E-state index in [1.807, 2.05) is 6.07 Å². The van der Waals surface area contributed by atoms with Crippen LogP contribution in [-0.4, -0.2) is 19.6 Å². The van der Waals surface area contributed by atoms with Gasteiger partial charge in [-0.15, -0.1) is 0 Å². The van der Waals surface area contributed by atoms with Gasteiger partial charge in [-0.2, -0.15) is 5.10 Å². The monoisotopic (exact) mass is 742 g/mol. The molecule has 4 nitrogen and oxygen atoms in total. The van der Waals surface area contributed by atoms with Crippen LogP contribution in [0.2, 0.25) is 0 Å². The molecule has 4 heteroatoms. The molecule has 1 aliphatic carbocycles. The van der Waals surface area contributed by atoms with Crippen LogP contribution in [0.4, 0.5) is 0 Å². The zero-order valence-electron chi connectivity index (χ0n) is 32.3. The molecule has 0 fully saturated rings. The number of hydrogen-bond donors (Lipinski definition) is 0. The quantitative estimate of drug-likeness (QED) is 0.170. The lowest BCUT2D eigenvalue weighted by atomic mass is 9.82. The lowest BCUT2D eigenvalue weighted by molar-refractivity contribution is 0.660. The molecule has 0 unspecified atom stereocenters. The van der Waals surface area contributed by atoms with Gasteiger partial charge >= 0.3 is 0 Å². The summed E-state index contributed by atoms with van der Waals surface area (Å²) in [6, 6.07) is 68.8. The summed E-state index contributed by atoms with van der Waals surface area (Å²) in [5.74, 6) is 0.704. The van der Waals surface area contributed by atoms with Crippen LogP contribution >= 0.6 is 0 Å². The van der Waals surface area contributed by atoms with E-state index in [0.29, 0.717) is 5.82 Å². The Morgan fingerprint density at radius 1 is 0.431 bits per heavy atom. The number of rotatable bonds is 6. The van der Waals surface area contributed by atoms with Crippen molar-refractivity contribution < 1.29 is 0 Å². The molecular formula is C54H38N4. The average molecular weight is 743 g/mol. The molecule has 0 bridgehead atoms. The number of pyridine rings is 1. The van der Waals surface area contributed by atoms with Crippen LogP contribution < -0.4 is 0 Å². The van der Waals surface area contributed by atoms with Gasteiger partial charge in [0, 0.05) is 44.2 Å². The SMILES string of the molecule is CC1(C)c2ccccc2-c2ccc(-c3nc(-c4ccccc4)cc(-c4cccc(-c5c(-c6ccccc6)nn6c(-c7ccccc7)cc7ccccc7c56)c4)n3)cc21. The van der Waals surface area contributed by atoms with Crippen molar-refractivity contribution in [3.8, 4) is 78.7 Å². The highest BCUT2D eigenvalue weighted by atomic mass is 15.2. The van der Waals surface area contributed by atoms with Crippen LogP contribution in [0.5, 0.6) is 0 Å². The van der Waals surface area contributed by atoms with Crippen molar-refractivity contribution in [3.05, 3.63) is 205 Å². The van der Waals surface area contributed by atoms with E-state index in [-0.39, 0.29) is 5.41 Å². The Bertz CT molecular complexity index is 3180. The first-order valence-electron chi connectivity index (χ1n) is 19.9. The van der Waals surface area contributed by atoms with Gasteiger partial charge in [0.2, 0.25) is 0 Å². The molecule has 0 radical (unpaired) electrons. The molecule has 58 heavy (non-hydrogen) atoms. The Morgan fingerprint density at radius 2 is 1.03 bits per heavy atom. The van der Waals surface area contributed by atoms with E-state index in [2.05, 4.69) is 206 Å². The number of aromatic nitrogens is 4. The molecule has 3 aromatic heterocycles. The third kappa shape index (κ3) is 5.48. The van der Waals surface area contributed by atoms with Crippen molar-refractivity contribution in [3.63, 3.8) is 0 Å². The molecule has 274 valence electrons. The predicted molar refractivity (Wildman–Crippen MR) is 238 cm³/mol. The van der Waals surface area contributed by atoms with Crippen LogP contribution in [0.1, 0.15) is 25.0 Å². The molecule has 11 rings (SSSR count). The van der Waals surface area contributed by atoms with Crippen molar-refractivity contribution in [1.82, 2.24) is 19.6 Å². The Morgan fingerprint density at radius 3 is 1.81 bits per heavy atom. The second-order valence-electron chi connectivity index (χ2n) is 15.7. The molecule has 0 saturated heterocycles. The van der Waals surface area contributed by atoms with E-state index in [1.165, 1.54) is 27.6 Å². The Kier molecular flexibility index (Phi) is 7.80. The van der Waals surface area contributed by atoms with Gasteiger partial charge in [-0.05, 0) is 57.5 Å². The third-order valence-electron chi connectivity index (χ3n) is 11.8. The van der Waals surface area contributed by atoms with Crippen LogP contribution in [0.3, 0.4) is 0 Å². The van der Waals surface area contributed by atoms with Crippen LogP contribution in [-0.2, 0) is 5.41 Å². The maximum absolute atomic E-state index is 5.44. The first-order chi connectivity index (χ1) is 28.5. The standard InChI is InChI=1S/C54H38N4/c1-54(2)45-28-15-14-27-43(45)44-30-29-41(32-46(44)54)53-55-47(35-17-6-3-7-18-35)34-48(56-53)39-24-16-25-40(31-39)50-51(37-21-10-5-11-22-37)57-58-49(36-19-8-4-9-20-36)33-38-23-12-13-26-42(38)52(50)58/h3-34H,1-2H3. The maximum atomic E-state index is 5.44. The summed E-state index contributed by atoms with van der Waals surface area (Å²) in [7, 11) is 0. The van der Waals surface area contributed by atoms with Crippen molar-refractivity contribution in [1.29, 1.82) is 0 Å². The summed E-state index contributed by atoms with van der Waals surface area (Å²) in [5.41, 5.74) is 17.3. The maximum Gasteiger partial charge on any atom is 0.160 e. The van der Waals surface area contributed by atoms with E-state index in [1.54, 1.807) is 0 Å². The summed E-state index contributed by atoms with van der Waals surface area (Å²) in [4.78, 5) is 10.6. The fourth-order valence-electron chi connectivity index (χ4n) is 8.93. The van der Waals surface area contributed by atoms with Crippen LogP contribution in [0.25, 0.3) is 95.0 Å².